The summed E-state index contributed by atoms with van der Waals surface area (Å²) in [7, 11) is 0. The van der Waals surface area contributed by atoms with Crippen LogP contribution in [0.2, 0.25) is 0 Å². The number of aliphatic hydroxyl groups is 2. The van der Waals surface area contributed by atoms with Gasteiger partial charge in [-0.05, 0) is 6.07 Å². The first kappa shape index (κ1) is 19.3. The van der Waals surface area contributed by atoms with Crippen LogP contribution in [0.25, 0.3) is 0 Å². The van der Waals surface area contributed by atoms with Crippen molar-refractivity contribution in [3.8, 4) is 11.5 Å². The van der Waals surface area contributed by atoms with Gasteiger partial charge in [-0.2, -0.15) is 10.2 Å². The van der Waals surface area contributed by atoms with Crippen molar-refractivity contribution in [2.45, 2.75) is 13.0 Å². The number of benzene rings is 1. The van der Waals surface area contributed by atoms with E-state index in [0.717, 1.165) is 0 Å². The Balaban J connectivity index is 1.89. The summed E-state index contributed by atoms with van der Waals surface area (Å²) in [5, 5.41) is 55.7. The van der Waals surface area contributed by atoms with Crippen LogP contribution in [0.5, 0.6) is 11.5 Å². The van der Waals surface area contributed by atoms with Crippen molar-refractivity contribution in [1.82, 2.24) is 14.8 Å². The minimum Gasteiger partial charge on any atom is -0.508 e. The smallest absolute Gasteiger partial charge is 0.169 e. The number of hydrazone groups is 1. The molecule has 0 radical (unpaired) electrons. The molecule has 0 saturated carbocycles. The number of nitrogens with one attached hydrogen (secondary N) is 1. The number of aliphatic imine (C=N–C) groups is 1. The van der Waals surface area contributed by atoms with Crippen LogP contribution < -0.4 is 5.73 Å². The van der Waals surface area contributed by atoms with Gasteiger partial charge in [0.05, 0.1) is 38.7 Å². The van der Waals surface area contributed by atoms with Gasteiger partial charge in [0, 0.05) is 23.6 Å². The molecule has 0 amide bonds. The van der Waals surface area contributed by atoms with Crippen molar-refractivity contribution in [1.29, 1.82) is 5.41 Å². The van der Waals surface area contributed by atoms with Gasteiger partial charge in [0.2, 0.25) is 0 Å². The largest absolute Gasteiger partial charge is 0.508 e. The lowest BCUT2D eigenvalue weighted by Crippen LogP contribution is -2.28. The van der Waals surface area contributed by atoms with E-state index < -0.39 is 0 Å². The normalized spacial score (nSPS) is 15.1. The van der Waals surface area contributed by atoms with E-state index in [0.29, 0.717) is 16.9 Å². The van der Waals surface area contributed by atoms with Crippen LogP contribution in [0.15, 0.2) is 28.4 Å². The number of β-amino-alcohol motifs (C(OH)–C–C–N with tert-alkyl or cyclic N) is 1. The molecule has 0 atom stereocenters. The van der Waals surface area contributed by atoms with E-state index in [1.54, 1.807) is 6.20 Å². The lowest BCUT2D eigenvalue weighted by Gasteiger charge is -2.12. The maximum absolute atomic E-state index is 10.2. The number of aliphatic hydroxyl groups excluding tert-OH is 2. The van der Waals surface area contributed by atoms with Crippen molar-refractivity contribution < 1.29 is 20.4 Å². The molecular weight excluding hydrogens is 366 g/mol. The van der Waals surface area contributed by atoms with E-state index in [-0.39, 0.29) is 61.5 Å². The predicted molar refractivity (Wildman–Crippen MR) is 103 cm³/mol. The number of rotatable bonds is 7. The highest BCUT2D eigenvalue weighted by atomic mass is 16.3. The average Bonchev–Trinajstić information content (AvgIpc) is 3.17. The lowest BCUT2D eigenvalue weighted by molar-refractivity contribution is 0.255. The molecule has 1 aliphatic rings. The Hall–Kier alpha value is -3.44. The van der Waals surface area contributed by atoms with Crippen LogP contribution in [0.3, 0.4) is 0 Å². The number of hydrogen-bond donors (Lipinski definition) is 6. The minimum atomic E-state index is -0.250. The summed E-state index contributed by atoms with van der Waals surface area (Å²) < 4.78 is 1.46. The maximum atomic E-state index is 10.2. The molecule has 11 heteroatoms. The number of amidine groups is 1. The fourth-order valence-electron chi connectivity index (χ4n) is 2.74. The van der Waals surface area contributed by atoms with E-state index in [1.165, 1.54) is 28.0 Å². The third-order valence-corrected chi connectivity index (χ3v) is 4.20. The molecule has 2 heterocycles. The molecule has 0 fully saturated rings. The standard InChI is InChI=1S/C17H21N7O4/c18-16-11(8-20-23(16)1-3-25)5-10-6-12(15(28)7-14(10)27)22-13-9-21-24(2-4-26)17(13)19/h6-9,19,25-28H,1-5,18H2. The van der Waals surface area contributed by atoms with Gasteiger partial charge in [-0.25, -0.2) is 14.7 Å². The van der Waals surface area contributed by atoms with Crippen LogP contribution in [0, 0.1) is 5.41 Å². The van der Waals surface area contributed by atoms with Gasteiger partial charge >= 0.3 is 0 Å². The van der Waals surface area contributed by atoms with Gasteiger partial charge in [0.25, 0.3) is 0 Å². The summed E-state index contributed by atoms with van der Waals surface area (Å²) in [4.78, 5) is 4.24. The van der Waals surface area contributed by atoms with Crippen molar-refractivity contribution >= 4 is 29.3 Å². The highest BCUT2D eigenvalue weighted by molar-refractivity contribution is 6.63. The number of nitrogen functional groups attached to an aromatic ring is 1. The Labute approximate surface area is 160 Å². The van der Waals surface area contributed by atoms with Crippen LogP contribution in [0.1, 0.15) is 11.1 Å². The lowest BCUT2D eigenvalue weighted by atomic mass is 10.0. The average molecular weight is 387 g/mol. The van der Waals surface area contributed by atoms with Crippen molar-refractivity contribution in [3.05, 3.63) is 29.5 Å². The summed E-state index contributed by atoms with van der Waals surface area (Å²) in [6.07, 6.45) is 3.15. The van der Waals surface area contributed by atoms with Crippen LogP contribution in [0.4, 0.5) is 11.5 Å². The Morgan fingerprint density at radius 2 is 1.82 bits per heavy atom. The summed E-state index contributed by atoms with van der Waals surface area (Å²) in [6.45, 7) is 0.168. The van der Waals surface area contributed by atoms with E-state index in [1.807, 2.05) is 0 Å². The molecule has 28 heavy (non-hydrogen) atoms. The highest BCUT2D eigenvalue weighted by Gasteiger charge is 2.21. The molecule has 11 nitrogen and oxygen atoms in total. The second-order valence-electron chi connectivity index (χ2n) is 6.09. The Kier molecular flexibility index (Phi) is 5.57. The molecule has 2 aromatic rings. The van der Waals surface area contributed by atoms with Crippen LogP contribution >= 0.6 is 0 Å². The topological polar surface area (TPSA) is 177 Å². The maximum Gasteiger partial charge on any atom is 0.169 e. The number of aromatic nitrogens is 2. The molecule has 7 N–H and O–H groups in total. The number of nitrogens with zero attached hydrogens (tertiary/aromatic N) is 5. The molecule has 148 valence electrons. The van der Waals surface area contributed by atoms with Gasteiger partial charge in [-0.1, -0.05) is 0 Å². The first-order valence-corrected chi connectivity index (χ1v) is 8.50. The number of anilines is 1. The number of phenols is 2. The molecule has 1 aromatic heterocycles. The molecule has 0 aliphatic carbocycles. The molecule has 1 aromatic carbocycles. The SMILES string of the molecule is N=C1C(=Nc2cc(Cc3cnn(CCO)c3N)c(O)cc2O)C=NN1CCO. The van der Waals surface area contributed by atoms with Gasteiger partial charge in [0.1, 0.15) is 28.7 Å². The second kappa shape index (κ2) is 8.06. The molecule has 0 spiro atoms. The molecule has 1 aliphatic heterocycles. The van der Waals surface area contributed by atoms with Gasteiger partial charge in [-0.15, -0.1) is 0 Å². The third-order valence-electron chi connectivity index (χ3n) is 4.20. The molecular formula is C17H21N7O4. The summed E-state index contributed by atoms with van der Waals surface area (Å²) in [5.74, 6) is -0.0105. The molecule has 3 rings (SSSR count). The number of nitrogens with two attached hydrogens (primary N) is 1. The second-order valence-corrected chi connectivity index (χ2v) is 6.09. The Bertz CT molecular complexity index is 951. The Morgan fingerprint density at radius 1 is 1.07 bits per heavy atom. The number of phenolic OH excluding ortho intramolecular Hbond substituents is 2. The third kappa shape index (κ3) is 3.80. The van der Waals surface area contributed by atoms with Crippen LogP contribution in [-0.4, -0.2) is 72.7 Å². The van der Waals surface area contributed by atoms with E-state index in [9.17, 15) is 10.2 Å². The Morgan fingerprint density at radius 3 is 2.54 bits per heavy atom. The van der Waals surface area contributed by atoms with Gasteiger partial charge in [0.15, 0.2) is 5.84 Å². The van der Waals surface area contributed by atoms with Crippen molar-refractivity contribution in [2.75, 3.05) is 25.5 Å². The number of aromatic hydroxyl groups is 2. The molecule has 0 saturated heterocycles. The molecule has 0 unspecified atom stereocenters. The summed E-state index contributed by atoms with van der Waals surface area (Å²) in [5.41, 5.74) is 7.49. The zero-order valence-corrected chi connectivity index (χ0v) is 14.9. The zero-order chi connectivity index (χ0) is 20.3. The van der Waals surface area contributed by atoms with Gasteiger partial charge in [-0.3, -0.25) is 5.41 Å². The predicted octanol–water partition coefficient (Wildman–Crippen LogP) is -0.197. The quantitative estimate of drug-likeness (QED) is 0.381. The van der Waals surface area contributed by atoms with Crippen molar-refractivity contribution in [2.24, 2.45) is 10.1 Å². The van der Waals surface area contributed by atoms with Crippen molar-refractivity contribution in [3.63, 3.8) is 0 Å². The first-order chi connectivity index (χ1) is 13.4. The van der Waals surface area contributed by atoms with Gasteiger partial charge < -0.3 is 26.2 Å². The monoisotopic (exact) mass is 387 g/mol. The highest BCUT2D eigenvalue weighted by Crippen LogP contribution is 2.35. The fraction of sp³-hybridized carbons (Fsp3) is 0.294. The summed E-state index contributed by atoms with van der Waals surface area (Å²) in [6, 6.07) is 2.67. The zero-order valence-electron chi connectivity index (χ0n) is 14.9. The van der Waals surface area contributed by atoms with Crippen LogP contribution in [-0.2, 0) is 13.0 Å². The van der Waals surface area contributed by atoms with E-state index in [2.05, 4.69) is 15.2 Å². The summed E-state index contributed by atoms with van der Waals surface area (Å²) >= 11 is 0. The fourth-order valence-corrected chi connectivity index (χ4v) is 2.74. The van der Waals surface area contributed by atoms with E-state index >= 15 is 0 Å². The van der Waals surface area contributed by atoms with E-state index in [4.69, 9.17) is 21.4 Å². The molecule has 0 bridgehead atoms. The number of hydrogen-bond acceptors (Lipinski definition) is 9. The minimum absolute atomic E-state index is 0.00222. The first-order valence-electron chi connectivity index (χ1n) is 8.50.